The van der Waals surface area contributed by atoms with Crippen molar-refractivity contribution >= 4 is 11.9 Å². The Hall–Kier alpha value is -4.48. The number of hydrogen-bond donors (Lipinski definition) is 1. The van der Waals surface area contributed by atoms with E-state index >= 15 is 0 Å². The summed E-state index contributed by atoms with van der Waals surface area (Å²) in [6, 6.07) is 15.1. The smallest absolute Gasteiger partial charge is 0.416 e. The van der Waals surface area contributed by atoms with Gasteiger partial charge in [-0.1, -0.05) is 36.4 Å². The molecule has 0 spiro atoms. The molecule has 6 nitrogen and oxygen atoms in total. The van der Waals surface area contributed by atoms with Crippen LogP contribution in [0.3, 0.4) is 0 Å². The minimum absolute atomic E-state index is 0.00722. The Bertz CT molecular complexity index is 1500. The molecule has 1 aliphatic rings. The summed E-state index contributed by atoms with van der Waals surface area (Å²) in [5.74, 6) is -0.0408. The van der Waals surface area contributed by atoms with Gasteiger partial charge < -0.3 is 19.7 Å². The molecule has 0 saturated carbocycles. The zero-order chi connectivity index (χ0) is 30.7. The van der Waals surface area contributed by atoms with E-state index in [4.69, 9.17) is 9.47 Å². The number of carbonyl (C=O) groups is 1. The summed E-state index contributed by atoms with van der Waals surface area (Å²) < 4.78 is 91.1. The molecule has 1 heterocycles. The van der Waals surface area contributed by atoms with E-state index in [2.05, 4.69) is 10.3 Å². The van der Waals surface area contributed by atoms with Crippen LogP contribution in [0.4, 0.5) is 26.3 Å². The lowest BCUT2D eigenvalue weighted by Crippen LogP contribution is -2.48. The fourth-order valence-corrected chi connectivity index (χ4v) is 4.56. The van der Waals surface area contributed by atoms with Crippen molar-refractivity contribution in [3.05, 3.63) is 112 Å². The van der Waals surface area contributed by atoms with E-state index in [0.717, 1.165) is 36.9 Å². The van der Waals surface area contributed by atoms with Gasteiger partial charge in [-0.3, -0.25) is 0 Å². The SMILES string of the molecule is COC(=O)C1=C(C)N(Cc2cccc(C(F)(F)F)c2)C(=NCc2ccc(OC)cc2)NC1c1cccc(C(F)(F)F)c1. The van der Waals surface area contributed by atoms with Crippen molar-refractivity contribution in [2.45, 2.75) is 38.4 Å². The second kappa shape index (κ2) is 12.2. The number of nitrogens with one attached hydrogen (secondary N) is 1. The monoisotopic (exact) mass is 591 g/mol. The maximum atomic E-state index is 13.5. The fraction of sp³-hybridized carbons (Fsp3) is 0.267. The first-order valence-electron chi connectivity index (χ1n) is 12.7. The Morgan fingerprint density at radius 2 is 1.50 bits per heavy atom. The average Bonchev–Trinajstić information content (AvgIpc) is 2.96. The molecule has 0 aromatic heterocycles. The highest BCUT2D eigenvalue weighted by molar-refractivity contribution is 5.96. The summed E-state index contributed by atoms with van der Waals surface area (Å²) in [7, 11) is 2.66. The largest absolute Gasteiger partial charge is 0.497 e. The van der Waals surface area contributed by atoms with Gasteiger partial charge in [0.2, 0.25) is 0 Å². The van der Waals surface area contributed by atoms with E-state index in [1.54, 1.807) is 31.2 Å². The zero-order valence-electron chi connectivity index (χ0n) is 22.8. The highest BCUT2D eigenvalue weighted by Gasteiger charge is 2.38. The predicted octanol–water partition coefficient (Wildman–Crippen LogP) is 6.88. The van der Waals surface area contributed by atoms with Gasteiger partial charge in [0.1, 0.15) is 5.75 Å². The number of methoxy groups -OCH3 is 2. The number of hydrogen-bond acceptors (Lipinski definition) is 4. The molecule has 0 saturated heterocycles. The predicted molar refractivity (Wildman–Crippen MR) is 143 cm³/mol. The van der Waals surface area contributed by atoms with Gasteiger partial charge in [0.25, 0.3) is 0 Å². The van der Waals surface area contributed by atoms with E-state index in [0.29, 0.717) is 5.75 Å². The number of nitrogens with zero attached hydrogens (tertiary/aromatic N) is 2. The average molecular weight is 592 g/mol. The Kier molecular flexibility index (Phi) is 8.83. The molecule has 0 radical (unpaired) electrons. The lowest BCUT2D eigenvalue weighted by Gasteiger charge is -2.38. The number of halogens is 6. The molecule has 3 aromatic rings. The summed E-state index contributed by atoms with van der Waals surface area (Å²) in [4.78, 5) is 19.1. The van der Waals surface area contributed by atoms with Gasteiger partial charge in [-0.05, 0) is 60.0 Å². The fourth-order valence-electron chi connectivity index (χ4n) is 4.56. The number of aliphatic imine (C=N–C) groups is 1. The zero-order valence-corrected chi connectivity index (χ0v) is 22.8. The molecular weight excluding hydrogens is 564 g/mol. The van der Waals surface area contributed by atoms with Crippen LogP contribution in [-0.4, -0.2) is 31.0 Å². The van der Waals surface area contributed by atoms with Gasteiger partial charge in [-0.25, -0.2) is 9.79 Å². The Morgan fingerprint density at radius 1 is 0.881 bits per heavy atom. The normalized spacial score (nSPS) is 16.8. The van der Waals surface area contributed by atoms with Crippen LogP contribution in [0.15, 0.2) is 89.1 Å². The number of rotatable bonds is 7. The molecule has 0 bridgehead atoms. The number of carbonyl (C=O) groups excluding carboxylic acids is 1. The lowest BCUT2D eigenvalue weighted by molar-refractivity contribution is -0.138. The Balaban J connectivity index is 1.83. The van der Waals surface area contributed by atoms with Crippen LogP contribution < -0.4 is 10.1 Å². The van der Waals surface area contributed by atoms with E-state index in [9.17, 15) is 31.1 Å². The summed E-state index contributed by atoms with van der Waals surface area (Å²) >= 11 is 0. The molecule has 1 atom stereocenters. The van der Waals surface area contributed by atoms with E-state index in [1.165, 1.54) is 36.3 Å². The number of allylic oxidation sites excluding steroid dienone is 1. The third kappa shape index (κ3) is 6.87. The summed E-state index contributed by atoms with van der Waals surface area (Å²) in [6.07, 6.45) is -9.20. The number of ether oxygens (including phenoxy) is 2. The Labute approximate surface area is 238 Å². The molecule has 12 heteroatoms. The van der Waals surface area contributed by atoms with Crippen LogP contribution in [0.5, 0.6) is 5.75 Å². The quantitative estimate of drug-likeness (QED) is 0.240. The summed E-state index contributed by atoms with van der Waals surface area (Å²) in [6.45, 7) is 1.53. The van der Waals surface area contributed by atoms with Crippen molar-refractivity contribution in [2.24, 2.45) is 4.99 Å². The van der Waals surface area contributed by atoms with Gasteiger partial charge in [-0.2, -0.15) is 26.3 Å². The van der Waals surface area contributed by atoms with E-state index in [-0.39, 0.29) is 41.4 Å². The Morgan fingerprint density at radius 3 is 2.10 bits per heavy atom. The van der Waals surface area contributed by atoms with Crippen molar-refractivity contribution < 1.29 is 40.6 Å². The van der Waals surface area contributed by atoms with Crippen molar-refractivity contribution in [2.75, 3.05) is 14.2 Å². The standard InChI is InChI=1S/C30H27F6N3O3/c1-18-25(27(40)42-3)26(21-7-5-9-23(15-21)30(34,35)36)38-28(37-16-19-10-12-24(41-2)13-11-19)39(18)17-20-6-4-8-22(14-20)29(31,32)33/h4-15,26H,16-17H2,1-3H3,(H,37,38). The first-order valence-corrected chi connectivity index (χ1v) is 12.7. The summed E-state index contributed by atoms with van der Waals surface area (Å²) in [5, 5.41) is 3.06. The maximum absolute atomic E-state index is 13.5. The van der Waals surface area contributed by atoms with Gasteiger partial charge in [0, 0.05) is 5.70 Å². The van der Waals surface area contributed by atoms with Crippen LogP contribution in [0, 0.1) is 0 Å². The number of benzene rings is 3. The molecule has 0 amide bonds. The topological polar surface area (TPSA) is 63.2 Å². The van der Waals surface area contributed by atoms with Gasteiger partial charge in [0.15, 0.2) is 5.96 Å². The van der Waals surface area contributed by atoms with Crippen LogP contribution >= 0.6 is 0 Å². The first kappa shape index (κ1) is 30.5. The first-order chi connectivity index (χ1) is 19.8. The molecule has 0 aliphatic carbocycles. The third-order valence-corrected chi connectivity index (χ3v) is 6.73. The van der Waals surface area contributed by atoms with Gasteiger partial charge in [0.05, 0.1) is 50.1 Å². The molecule has 1 N–H and O–H groups in total. The van der Waals surface area contributed by atoms with Crippen molar-refractivity contribution in [1.82, 2.24) is 10.2 Å². The lowest BCUT2D eigenvalue weighted by atomic mass is 9.93. The molecule has 42 heavy (non-hydrogen) atoms. The van der Waals surface area contributed by atoms with Crippen molar-refractivity contribution in [3.8, 4) is 5.75 Å². The molecule has 4 rings (SSSR count). The van der Waals surface area contributed by atoms with Crippen molar-refractivity contribution in [3.63, 3.8) is 0 Å². The van der Waals surface area contributed by atoms with Gasteiger partial charge >= 0.3 is 18.3 Å². The van der Waals surface area contributed by atoms with Crippen LogP contribution in [0.2, 0.25) is 0 Å². The van der Waals surface area contributed by atoms with Crippen LogP contribution in [0.25, 0.3) is 0 Å². The van der Waals surface area contributed by atoms with Gasteiger partial charge in [-0.15, -0.1) is 0 Å². The minimum Gasteiger partial charge on any atom is -0.497 e. The van der Waals surface area contributed by atoms with Crippen LogP contribution in [-0.2, 0) is 35.0 Å². The number of esters is 1. The van der Waals surface area contributed by atoms with E-state index in [1.807, 2.05) is 0 Å². The molecule has 1 aliphatic heterocycles. The minimum atomic E-state index is -4.63. The number of alkyl halides is 6. The van der Waals surface area contributed by atoms with E-state index < -0.39 is 35.5 Å². The second-order valence-corrected chi connectivity index (χ2v) is 9.46. The highest BCUT2D eigenvalue weighted by atomic mass is 19.4. The maximum Gasteiger partial charge on any atom is 0.416 e. The molecule has 1 unspecified atom stereocenters. The summed E-state index contributed by atoms with van der Waals surface area (Å²) in [5.41, 5.74) is -0.350. The van der Waals surface area contributed by atoms with Crippen LogP contribution in [0.1, 0.15) is 40.8 Å². The highest BCUT2D eigenvalue weighted by Crippen LogP contribution is 2.36. The molecule has 0 fully saturated rings. The molecule has 3 aromatic carbocycles. The second-order valence-electron chi connectivity index (χ2n) is 9.46. The number of guanidine groups is 1. The van der Waals surface area contributed by atoms with Crippen molar-refractivity contribution in [1.29, 1.82) is 0 Å². The third-order valence-electron chi connectivity index (χ3n) is 6.73. The molecule has 222 valence electrons. The molecular formula is C30H27F6N3O3.